The third-order valence-electron chi connectivity index (χ3n) is 4.19. The molecule has 0 aliphatic carbocycles. The molecule has 1 fully saturated rings. The highest BCUT2D eigenvalue weighted by molar-refractivity contribution is 14.1. The second kappa shape index (κ2) is 10.2. The number of halogens is 2. The average Bonchev–Trinajstić information content (AvgIpc) is 2.99. The van der Waals surface area contributed by atoms with Crippen LogP contribution < -0.4 is 19.1 Å². The molecule has 1 amide bonds. The average molecular weight is 576 g/mol. The molecule has 0 unspecified atom stereocenters. The topological polar surface area (TPSA) is 48.0 Å². The fourth-order valence-electron chi connectivity index (χ4n) is 2.80. The number of hydrogen-bond acceptors (Lipinski definition) is 6. The van der Waals surface area contributed by atoms with Gasteiger partial charge in [0.1, 0.15) is 5.75 Å². The van der Waals surface area contributed by atoms with Crippen molar-refractivity contribution in [3.8, 4) is 17.2 Å². The van der Waals surface area contributed by atoms with Gasteiger partial charge in [-0.3, -0.25) is 9.69 Å². The van der Waals surface area contributed by atoms with Gasteiger partial charge in [0.2, 0.25) is 0 Å². The molecule has 2 aromatic carbocycles. The van der Waals surface area contributed by atoms with Gasteiger partial charge in [0.15, 0.2) is 15.8 Å². The van der Waals surface area contributed by atoms with Crippen LogP contribution in [0.1, 0.15) is 18.9 Å². The lowest BCUT2D eigenvalue weighted by Gasteiger charge is -2.15. The van der Waals surface area contributed by atoms with Crippen LogP contribution in [-0.4, -0.2) is 31.1 Å². The number of benzene rings is 2. The maximum atomic E-state index is 13.1. The highest BCUT2D eigenvalue weighted by Gasteiger charge is 2.33. The molecule has 0 spiro atoms. The molecule has 30 heavy (non-hydrogen) atoms. The van der Waals surface area contributed by atoms with Gasteiger partial charge in [0.05, 0.1) is 40.0 Å². The Labute approximate surface area is 203 Å². The zero-order valence-corrected chi connectivity index (χ0v) is 21.1. The zero-order valence-electron chi connectivity index (χ0n) is 16.5. The minimum atomic E-state index is -0.202. The molecule has 0 atom stereocenters. The number of carbonyl (C=O) groups excluding carboxylic acids is 1. The molecule has 0 bridgehead atoms. The summed E-state index contributed by atoms with van der Waals surface area (Å²) in [7, 11) is 3.14. The van der Waals surface area contributed by atoms with Gasteiger partial charge in [-0.1, -0.05) is 42.5 Å². The number of ether oxygens (including phenoxy) is 3. The van der Waals surface area contributed by atoms with Crippen LogP contribution in [0.3, 0.4) is 0 Å². The summed E-state index contributed by atoms with van der Waals surface area (Å²) in [5.74, 6) is 1.66. The van der Waals surface area contributed by atoms with E-state index in [1.807, 2.05) is 19.1 Å². The van der Waals surface area contributed by atoms with Crippen LogP contribution in [0.2, 0.25) is 5.02 Å². The molecule has 9 heteroatoms. The smallest absolute Gasteiger partial charge is 0.270 e. The molecule has 0 radical (unpaired) electrons. The molecule has 3 rings (SSSR count). The summed E-state index contributed by atoms with van der Waals surface area (Å²) < 4.78 is 17.8. The van der Waals surface area contributed by atoms with E-state index < -0.39 is 0 Å². The Morgan fingerprint density at radius 1 is 1.20 bits per heavy atom. The first kappa shape index (κ1) is 23.2. The SMILES string of the molecule is CCCOc1c(I)cc(/C=C2\SC(=S)N(c3ccc(OC)c(Cl)c3)C2=O)cc1OC. The predicted octanol–water partition coefficient (Wildman–Crippen LogP) is 6.16. The first-order chi connectivity index (χ1) is 14.4. The molecular formula is C21H19ClINO4S2. The van der Waals surface area contributed by atoms with Crippen molar-refractivity contribution < 1.29 is 19.0 Å². The summed E-state index contributed by atoms with van der Waals surface area (Å²) in [6.45, 7) is 2.65. The van der Waals surface area contributed by atoms with Crippen LogP contribution in [-0.2, 0) is 4.79 Å². The van der Waals surface area contributed by atoms with Crippen molar-refractivity contribution in [2.45, 2.75) is 13.3 Å². The largest absolute Gasteiger partial charge is 0.495 e. The van der Waals surface area contributed by atoms with Crippen molar-refractivity contribution in [3.63, 3.8) is 0 Å². The van der Waals surface area contributed by atoms with Gasteiger partial charge < -0.3 is 14.2 Å². The van der Waals surface area contributed by atoms with Crippen LogP contribution in [0.4, 0.5) is 5.69 Å². The van der Waals surface area contributed by atoms with Gasteiger partial charge >= 0.3 is 0 Å². The van der Waals surface area contributed by atoms with Gasteiger partial charge in [0.25, 0.3) is 5.91 Å². The van der Waals surface area contributed by atoms with Crippen molar-refractivity contribution >= 4 is 80.2 Å². The Morgan fingerprint density at radius 2 is 1.93 bits per heavy atom. The fraction of sp³-hybridized carbons (Fsp3) is 0.238. The molecule has 1 saturated heterocycles. The highest BCUT2D eigenvalue weighted by atomic mass is 127. The van der Waals surface area contributed by atoms with Crippen LogP contribution in [0.5, 0.6) is 17.2 Å². The summed E-state index contributed by atoms with van der Waals surface area (Å²) in [5.41, 5.74) is 1.43. The number of nitrogens with zero attached hydrogens (tertiary/aromatic N) is 1. The monoisotopic (exact) mass is 575 g/mol. The summed E-state index contributed by atoms with van der Waals surface area (Å²) in [6.07, 6.45) is 2.71. The number of methoxy groups -OCH3 is 2. The minimum absolute atomic E-state index is 0.202. The van der Waals surface area contributed by atoms with Gasteiger partial charge in [-0.2, -0.15) is 0 Å². The Bertz CT molecular complexity index is 1030. The van der Waals surface area contributed by atoms with E-state index in [-0.39, 0.29) is 5.91 Å². The quantitative estimate of drug-likeness (QED) is 0.224. The lowest BCUT2D eigenvalue weighted by Crippen LogP contribution is -2.27. The van der Waals surface area contributed by atoms with Gasteiger partial charge in [-0.05, 0) is 71.0 Å². The number of rotatable bonds is 7. The van der Waals surface area contributed by atoms with E-state index in [4.69, 9.17) is 38.0 Å². The number of carbonyl (C=O) groups is 1. The van der Waals surface area contributed by atoms with Crippen molar-refractivity contribution in [3.05, 3.63) is 49.4 Å². The van der Waals surface area contributed by atoms with Crippen LogP contribution in [0.15, 0.2) is 35.2 Å². The first-order valence-electron chi connectivity index (χ1n) is 9.01. The van der Waals surface area contributed by atoms with Gasteiger partial charge in [0, 0.05) is 0 Å². The summed E-state index contributed by atoms with van der Waals surface area (Å²) in [5, 5.41) is 0.412. The Morgan fingerprint density at radius 3 is 2.57 bits per heavy atom. The van der Waals surface area contributed by atoms with E-state index in [0.29, 0.717) is 43.8 Å². The standard InChI is InChI=1S/C21H19ClINO4S2/c1-4-7-28-19-15(23)8-12(9-17(19)27-3)10-18-20(25)24(21(29)30-18)13-5-6-16(26-2)14(22)11-13/h5-6,8-11H,4,7H2,1-3H3/b18-10-. The molecule has 0 N–H and O–H groups in total. The Hall–Kier alpha value is -1.49. The molecular weight excluding hydrogens is 557 g/mol. The molecule has 0 saturated carbocycles. The van der Waals surface area contributed by atoms with Crippen molar-refractivity contribution in [2.75, 3.05) is 25.7 Å². The maximum Gasteiger partial charge on any atom is 0.270 e. The van der Waals surface area contributed by atoms with Crippen LogP contribution >= 0.6 is 58.2 Å². The zero-order chi connectivity index (χ0) is 21.8. The lowest BCUT2D eigenvalue weighted by molar-refractivity contribution is -0.113. The van der Waals surface area contributed by atoms with E-state index >= 15 is 0 Å². The van der Waals surface area contributed by atoms with E-state index in [0.717, 1.165) is 15.6 Å². The van der Waals surface area contributed by atoms with E-state index in [9.17, 15) is 4.79 Å². The van der Waals surface area contributed by atoms with Crippen LogP contribution in [0, 0.1) is 3.57 Å². The Balaban J connectivity index is 1.92. The number of thiocarbonyl (C=S) groups is 1. The molecule has 1 heterocycles. The fourth-order valence-corrected chi connectivity index (χ4v) is 5.14. The normalized spacial score (nSPS) is 15.1. The molecule has 158 valence electrons. The number of thioether (sulfide) groups is 1. The van der Waals surface area contributed by atoms with E-state index in [1.165, 1.54) is 23.8 Å². The van der Waals surface area contributed by atoms with E-state index in [2.05, 4.69) is 22.6 Å². The Kier molecular flexibility index (Phi) is 7.89. The summed E-state index contributed by atoms with van der Waals surface area (Å²) in [4.78, 5) is 15.0. The summed E-state index contributed by atoms with van der Waals surface area (Å²) >= 11 is 15.1. The van der Waals surface area contributed by atoms with Gasteiger partial charge in [-0.15, -0.1) is 0 Å². The summed E-state index contributed by atoms with van der Waals surface area (Å²) in [6, 6.07) is 8.93. The van der Waals surface area contributed by atoms with Gasteiger partial charge in [-0.25, -0.2) is 0 Å². The third kappa shape index (κ3) is 4.87. The minimum Gasteiger partial charge on any atom is -0.495 e. The number of anilines is 1. The third-order valence-corrected chi connectivity index (χ3v) is 6.59. The molecule has 0 aromatic heterocycles. The van der Waals surface area contributed by atoms with Crippen molar-refractivity contribution in [2.24, 2.45) is 0 Å². The second-order valence-corrected chi connectivity index (χ2v) is 9.46. The first-order valence-corrected chi connectivity index (χ1v) is 11.7. The highest BCUT2D eigenvalue weighted by Crippen LogP contribution is 2.40. The molecule has 5 nitrogen and oxygen atoms in total. The van der Waals surface area contributed by atoms with Crippen molar-refractivity contribution in [1.29, 1.82) is 0 Å². The number of hydrogen-bond donors (Lipinski definition) is 0. The maximum absolute atomic E-state index is 13.1. The second-order valence-electron chi connectivity index (χ2n) is 6.22. The molecule has 2 aromatic rings. The van der Waals surface area contributed by atoms with Crippen LogP contribution in [0.25, 0.3) is 6.08 Å². The van der Waals surface area contributed by atoms with Crippen molar-refractivity contribution in [1.82, 2.24) is 0 Å². The molecule has 1 aliphatic heterocycles. The lowest BCUT2D eigenvalue weighted by atomic mass is 10.1. The predicted molar refractivity (Wildman–Crippen MR) is 135 cm³/mol. The van der Waals surface area contributed by atoms with E-state index in [1.54, 1.807) is 31.4 Å². The molecule has 1 aliphatic rings. The number of amides is 1.